The number of benzene rings is 1. The van der Waals surface area contributed by atoms with Crippen LogP contribution in [0, 0.1) is 0 Å². The van der Waals surface area contributed by atoms with Crippen molar-refractivity contribution < 1.29 is 19.0 Å². The Kier molecular flexibility index (Phi) is 5.41. The number of hydrogen-bond donors (Lipinski definition) is 2. The molecule has 1 fully saturated rings. The summed E-state index contributed by atoms with van der Waals surface area (Å²) >= 11 is 0. The van der Waals surface area contributed by atoms with Crippen molar-refractivity contribution >= 4 is 11.6 Å². The van der Waals surface area contributed by atoms with E-state index in [2.05, 4.69) is 5.32 Å². The molecule has 116 valence electrons. The summed E-state index contributed by atoms with van der Waals surface area (Å²) in [7, 11) is 1.56. The lowest BCUT2D eigenvalue weighted by atomic mass is 10.2. The zero-order chi connectivity index (χ0) is 15.2. The minimum atomic E-state index is -0.434. The molecule has 0 bridgehead atoms. The van der Waals surface area contributed by atoms with Gasteiger partial charge in [-0.2, -0.15) is 0 Å². The fourth-order valence-electron chi connectivity index (χ4n) is 2.31. The fourth-order valence-corrected chi connectivity index (χ4v) is 2.31. The summed E-state index contributed by atoms with van der Waals surface area (Å²) < 4.78 is 16.3. The van der Waals surface area contributed by atoms with Crippen molar-refractivity contribution in [1.82, 2.24) is 0 Å². The average Bonchev–Trinajstić information content (AvgIpc) is 2.98. The van der Waals surface area contributed by atoms with E-state index in [0.717, 1.165) is 6.42 Å². The van der Waals surface area contributed by atoms with E-state index in [1.807, 2.05) is 6.92 Å². The quantitative estimate of drug-likeness (QED) is 0.831. The third-order valence-electron chi connectivity index (χ3n) is 3.39. The summed E-state index contributed by atoms with van der Waals surface area (Å²) in [6.45, 7) is 2.90. The van der Waals surface area contributed by atoms with Gasteiger partial charge in [-0.05, 0) is 31.9 Å². The topological polar surface area (TPSA) is 82.8 Å². The molecule has 0 aliphatic carbocycles. The van der Waals surface area contributed by atoms with Crippen LogP contribution in [0.5, 0.6) is 11.5 Å². The van der Waals surface area contributed by atoms with Crippen LogP contribution in [-0.2, 0) is 9.53 Å². The van der Waals surface area contributed by atoms with E-state index in [1.165, 1.54) is 0 Å². The zero-order valence-electron chi connectivity index (χ0n) is 12.4. The standard InChI is InChI=1S/C15H22N2O4/c1-3-20-12-6-4-10(8-14(12)19-2)17-15(18)13-7-5-11(9-16)21-13/h4,6,8,11,13H,3,5,7,9,16H2,1-2H3,(H,17,18). The molecular formula is C15H22N2O4. The number of anilines is 1. The van der Waals surface area contributed by atoms with Gasteiger partial charge in [0.25, 0.3) is 5.91 Å². The summed E-state index contributed by atoms with van der Waals surface area (Å²) in [4.78, 5) is 12.1. The summed E-state index contributed by atoms with van der Waals surface area (Å²) in [5.41, 5.74) is 6.20. The molecule has 6 nitrogen and oxygen atoms in total. The number of amides is 1. The molecule has 2 unspecified atom stereocenters. The first-order chi connectivity index (χ1) is 10.2. The second-order valence-corrected chi connectivity index (χ2v) is 4.85. The second kappa shape index (κ2) is 7.28. The van der Waals surface area contributed by atoms with Gasteiger partial charge in [-0.15, -0.1) is 0 Å². The molecule has 21 heavy (non-hydrogen) atoms. The monoisotopic (exact) mass is 294 g/mol. The van der Waals surface area contributed by atoms with Crippen LogP contribution in [0.3, 0.4) is 0 Å². The Labute approximate surface area is 124 Å². The Balaban J connectivity index is 2.01. The van der Waals surface area contributed by atoms with Crippen molar-refractivity contribution in [2.75, 3.05) is 25.6 Å². The summed E-state index contributed by atoms with van der Waals surface area (Å²) in [5.74, 6) is 1.08. The van der Waals surface area contributed by atoms with E-state index in [9.17, 15) is 4.79 Å². The molecule has 3 N–H and O–H groups in total. The predicted molar refractivity (Wildman–Crippen MR) is 79.7 cm³/mol. The molecule has 1 aliphatic rings. The summed E-state index contributed by atoms with van der Waals surface area (Å²) in [6.07, 6.45) is 1.06. The molecule has 1 aromatic rings. The maximum atomic E-state index is 12.1. The number of carbonyl (C=O) groups excluding carboxylic acids is 1. The van der Waals surface area contributed by atoms with Gasteiger partial charge < -0.3 is 25.3 Å². The van der Waals surface area contributed by atoms with Gasteiger partial charge in [-0.1, -0.05) is 0 Å². The third kappa shape index (κ3) is 3.86. The van der Waals surface area contributed by atoms with Gasteiger partial charge in [0.05, 0.1) is 19.8 Å². The van der Waals surface area contributed by atoms with Crippen molar-refractivity contribution in [1.29, 1.82) is 0 Å². The van der Waals surface area contributed by atoms with Crippen molar-refractivity contribution in [3.05, 3.63) is 18.2 Å². The molecular weight excluding hydrogens is 272 g/mol. The number of nitrogens with two attached hydrogens (primary N) is 1. The second-order valence-electron chi connectivity index (χ2n) is 4.85. The SMILES string of the molecule is CCOc1ccc(NC(=O)C2CCC(CN)O2)cc1OC. The minimum Gasteiger partial charge on any atom is -0.493 e. The number of rotatable bonds is 6. The lowest BCUT2D eigenvalue weighted by Gasteiger charge is -2.14. The molecule has 0 saturated carbocycles. The molecule has 0 spiro atoms. The number of hydrogen-bond acceptors (Lipinski definition) is 5. The van der Waals surface area contributed by atoms with Crippen LogP contribution in [0.15, 0.2) is 18.2 Å². The first-order valence-corrected chi connectivity index (χ1v) is 7.15. The molecule has 0 radical (unpaired) electrons. The highest BCUT2D eigenvalue weighted by atomic mass is 16.5. The lowest BCUT2D eigenvalue weighted by Crippen LogP contribution is -2.29. The van der Waals surface area contributed by atoms with Crippen LogP contribution in [0.4, 0.5) is 5.69 Å². The molecule has 1 amide bonds. The van der Waals surface area contributed by atoms with Gasteiger partial charge in [0, 0.05) is 18.3 Å². The molecule has 1 saturated heterocycles. The number of methoxy groups -OCH3 is 1. The third-order valence-corrected chi connectivity index (χ3v) is 3.39. The van der Waals surface area contributed by atoms with Crippen molar-refractivity contribution in [3.63, 3.8) is 0 Å². The largest absolute Gasteiger partial charge is 0.493 e. The van der Waals surface area contributed by atoms with E-state index in [4.69, 9.17) is 19.9 Å². The van der Waals surface area contributed by atoms with Gasteiger partial charge in [-0.25, -0.2) is 0 Å². The Hall–Kier alpha value is -1.79. The van der Waals surface area contributed by atoms with Gasteiger partial charge >= 0.3 is 0 Å². The van der Waals surface area contributed by atoms with Crippen LogP contribution < -0.4 is 20.5 Å². The van der Waals surface area contributed by atoms with Crippen LogP contribution in [-0.4, -0.2) is 38.4 Å². The zero-order valence-corrected chi connectivity index (χ0v) is 12.4. The number of carbonyl (C=O) groups is 1. The molecule has 2 atom stereocenters. The predicted octanol–water partition coefficient (Wildman–Crippen LogP) is 1.54. The van der Waals surface area contributed by atoms with E-state index in [0.29, 0.717) is 36.8 Å². The van der Waals surface area contributed by atoms with Gasteiger partial charge in [0.15, 0.2) is 11.5 Å². The Bertz CT molecular complexity index is 493. The van der Waals surface area contributed by atoms with Crippen molar-refractivity contribution in [3.8, 4) is 11.5 Å². The van der Waals surface area contributed by atoms with Gasteiger partial charge in [0.2, 0.25) is 0 Å². The Morgan fingerprint density at radius 1 is 1.43 bits per heavy atom. The number of nitrogens with one attached hydrogen (secondary N) is 1. The highest BCUT2D eigenvalue weighted by Gasteiger charge is 2.29. The Morgan fingerprint density at radius 3 is 2.86 bits per heavy atom. The molecule has 1 aliphatic heterocycles. The van der Waals surface area contributed by atoms with E-state index >= 15 is 0 Å². The maximum absolute atomic E-state index is 12.1. The number of ether oxygens (including phenoxy) is 3. The van der Waals surface area contributed by atoms with E-state index in [1.54, 1.807) is 25.3 Å². The molecule has 1 heterocycles. The van der Waals surface area contributed by atoms with Crippen LogP contribution >= 0.6 is 0 Å². The Morgan fingerprint density at radius 2 is 2.24 bits per heavy atom. The first-order valence-electron chi connectivity index (χ1n) is 7.15. The van der Waals surface area contributed by atoms with Crippen LogP contribution in [0.25, 0.3) is 0 Å². The molecule has 1 aromatic carbocycles. The van der Waals surface area contributed by atoms with E-state index in [-0.39, 0.29) is 12.0 Å². The first kappa shape index (κ1) is 15.6. The van der Waals surface area contributed by atoms with Gasteiger partial charge in [0.1, 0.15) is 6.10 Å². The highest BCUT2D eigenvalue weighted by Crippen LogP contribution is 2.30. The molecule has 0 aromatic heterocycles. The van der Waals surface area contributed by atoms with E-state index < -0.39 is 6.10 Å². The maximum Gasteiger partial charge on any atom is 0.253 e. The summed E-state index contributed by atoms with van der Waals surface area (Å²) in [6, 6.07) is 5.29. The van der Waals surface area contributed by atoms with Gasteiger partial charge in [-0.3, -0.25) is 4.79 Å². The van der Waals surface area contributed by atoms with Crippen molar-refractivity contribution in [2.45, 2.75) is 32.0 Å². The summed E-state index contributed by atoms with van der Waals surface area (Å²) in [5, 5.41) is 2.83. The molecule has 6 heteroatoms. The smallest absolute Gasteiger partial charge is 0.253 e. The normalized spacial score (nSPS) is 21.1. The highest BCUT2D eigenvalue weighted by molar-refractivity contribution is 5.94. The van der Waals surface area contributed by atoms with Crippen LogP contribution in [0.1, 0.15) is 19.8 Å². The fraction of sp³-hybridized carbons (Fsp3) is 0.533. The average molecular weight is 294 g/mol. The van der Waals surface area contributed by atoms with Crippen molar-refractivity contribution in [2.24, 2.45) is 5.73 Å². The minimum absolute atomic E-state index is 0.0179. The molecule has 2 rings (SSSR count). The lowest BCUT2D eigenvalue weighted by molar-refractivity contribution is -0.126. The van der Waals surface area contributed by atoms with Crippen LogP contribution in [0.2, 0.25) is 0 Å².